The number of hydrazone groups is 1. The van der Waals surface area contributed by atoms with E-state index in [-0.39, 0.29) is 0 Å². The standard InChI is InChI=1S/C37H26N4/c38-34-19-16-28(25-20-22-39-23-21-25)24-35(34)41-40-29-17-14-27(15-18-29)37-32-12-6-4-10-30(32)36(26-8-2-1-3-9-26)31-11-5-7-13-33(31)37/h1-24,38,40H/p+1/b38-34?,41-35-. The Kier molecular flexibility index (Phi) is 6.26. The smallest absolute Gasteiger partial charge is 0.224 e. The highest BCUT2D eigenvalue weighted by molar-refractivity contribution is 6.50. The van der Waals surface area contributed by atoms with Crippen LogP contribution in [0, 0.1) is 0 Å². The molecule has 0 saturated heterocycles. The molecule has 1 aliphatic rings. The third-order valence-electron chi connectivity index (χ3n) is 7.52. The number of nitrogens with one attached hydrogen (secondary N) is 1. The number of pyridine rings is 1. The van der Waals surface area contributed by atoms with E-state index in [2.05, 4.69) is 119 Å². The van der Waals surface area contributed by atoms with Crippen molar-refractivity contribution in [1.29, 1.82) is 0 Å². The third kappa shape index (κ3) is 4.62. The first-order valence-corrected chi connectivity index (χ1v) is 13.6. The summed E-state index contributed by atoms with van der Waals surface area (Å²) in [5.41, 5.74) is 12.4. The average Bonchev–Trinajstić information content (AvgIpc) is 3.04. The summed E-state index contributed by atoms with van der Waals surface area (Å²) in [4.78, 5) is 4.11. The summed E-state index contributed by atoms with van der Waals surface area (Å²) in [5, 5.41) is 15.8. The number of fused-ring (bicyclic) bond motifs is 2. The number of benzene rings is 5. The SMILES string of the molecule is [NH2+]=C1C=CC(c2ccncc2)=C/C1=N/Nc1ccc(-c2c3ccccc3c(-c3ccccc3)c3ccccc23)cc1. The molecule has 0 amide bonds. The van der Waals surface area contributed by atoms with Gasteiger partial charge in [-0.2, -0.15) is 5.10 Å². The van der Waals surface area contributed by atoms with Gasteiger partial charge in [0.1, 0.15) is 0 Å². The van der Waals surface area contributed by atoms with E-state index < -0.39 is 0 Å². The van der Waals surface area contributed by atoms with Gasteiger partial charge in [-0.25, -0.2) is 0 Å². The van der Waals surface area contributed by atoms with Crippen LogP contribution in [0.3, 0.4) is 0 Å². The molecule has 3 N–H and O–H groups in total. The fourth-order valence-corrected chi connectivity index (χ4v) is 5.56. The molecule has 0 fully saturated rings. The Hall–Kier alpha value is -5.61. The van der Waals surface area contributed by atoms with Gasteiger partial charge in [0, 0.05) is 18.5 Å². The minimum atomic E-state index is 0.614. The molecule has 1 aliphatic carbocycles. The molecular formula is C37H27N4+. The molecule has 0 saturated carbocycles. The molecule has 6 aromatic rings. The maximum absolute atomic E-state index is 6.25. The monoisotopic (exact) mass is 527 g/mol. The van der Waals surface area contributed by atoms with Crippen molar-refractivity contribution in [3.05, 3.63) is 151 Å². The van der Waals surface area contributed by atoms with Gasteiger partial charge in [0.25, 0.3) is 0 Å². The Balaban J connectivity index is 1.27. The van der Waals surface area contributed by atoms with Crippen molar-refractivity contribution in [2.24, 2.45) is 5.10 Å². The number of aromatic nitrogens is 1. The summed E-state index contributed by atoms with van der Waals surface area (Å²) in [7, 11) is 0. The van der Waals surface area contributed by atoms with E-state index in [4.69, 9.17) is 5.41 Å². The molecular weight excluding hydrogens is 500 g/mol. The Morgan fingerprint density at radius 2 is 1.07 bits per heavy atom. The van der Waals surface area contributed by atoms with Gasteiger partial charge in [-0.3, -0.25) is 15.8 Å². The maximum Gasteiger partial charge on any atom is 0.224 e. The van der Waals surface area contributed by atoms with Crippen LogP contribution in [-0.2, 0) is 0 Å². The van der Waals surface area contributed by atoms with Gasteiger partial charge in [0.05, 0.1) is 5.69 Å². The molecule has 194 valence electrons. The van der Waals surface area contributed by atoms with Crippen molar-refractivity contribution < 1.29 is 5.41 Å². The van der Waals surface area contributed by atoms with E-state index in [0.29, 0.717) is 11.4 Å². The molecule has 0 aliphatic heterocycles. The molecule has 0 spiro atoms. The quantitative estimate of drug-likeness (QED) is 0.140. The third-order valence-corrected chi connectivity index (χ3v) is 7.52. The van der Waals surface area contributed by atoms with Crippen LogP contribution in [0.25, 0.3) is 49.4 Å². The van der Waals surface area contributed by atoms with Gasteiger partial charge >= 0.3 is 0 Å². The van der Waals surface area contributed by atoms with Crippen LogP contribution in [0.4, 0.5) is 5.69 Å². The predicted molar refractivity (Wildman–Crippen MR) is 172 cm³/mol. The van der Waals surface area contributed by atoms with Crippen molar-refractivity contribution in [2.75, 3.05) is 5.43 Å². The van der Waals surface area contributed by atoms with Crippen molar-refractivity contribution in [3.63, 3.8) is 0 Å². The second-order valence-electron chi connectivity index (χ2n) is 10.0. The number of hydrogen-bond acceptors (Lipinski definition) is 3. The summed E-state index contributed by atoms with van der Waals surface area (Å²) in [6.07, 6.45) is 9.43. The number of rotatable bonds is 5. The first-order valence-electron chi connectivity index (χ1n) is 13.6. The second kappa shape index (κ2) is 10.5. The summed E-state index contributed by atoms with van der Waals surface area (Å²) in [6, 6.07) is 40.4. The lowest BCUT2D eigenvalue weighted by atomic mass is 9.86. The van der Waals surface area contributed by atoms with Crippen LogP contribution in [-0.4, -0.2) is 16.4 Å². The number of hydrogen-bond donors (Lipinski definition) is 2. The zero-order valence-corrected chi connectivity index (χ0v) is 22.3. The van der Waals surface area contributed by atoms with E-state index in [9.17, 15) is 0 Å². The summed E-state index contributed by atoms with van der Waals surface area (Å²) >= 11 is 0. The normalized spacial score (nSPS) is 14.0. The van der Waals surface area contributed by atoms with Gasteiger partial charge in [0.2, 0.25) is 5.71 Å². The Labute approximate surface area is 238 Å². The number of nitrogens with zero attached hydrogens (tertiary/aromatic N) is 2. The largest absolute Gasteiger partial charge is 0.278 e. The molecule has 1 heterocycles. The van der Waals surface area contributed by atoms with Gasteiger partial charge in [-0.1, -0.05) is 91.0 Å². The van der Waals surface area contributed by atoms with Crippen LogP contribution < -0.4 is 10.8 Å². The lowest BCUT2D eigenvalue weighted by molar-refractivity contribution is -0.108. The molecule has 0 bridgehead atoms. The molecule has 0 unspecified atom stereocenters. The highest BCUT2D eigenvalue weighted by Gasteiger charge is 2.17. The van der Waals surface area contributed by atoms with Crippen molar-refractivity contribution in [3.8, 4) is 22.3 Å². The predicted octanol–water partition coefficient (Wildman–Crippen LogP) is 7.34. The first-order chi connectivity index (χ1) is 20.3. The topological polar surface area (TPSA) is 62.9 Å². The maximum atomic E-state index is 6.25. The minimum absolute atomic E-state index is 0.614. The van der Waals surface area contributed by atoms with Gasteiger partial charge in [-0.05, 0) is 91.4 Å². The van der Waals surface area contributed by atoms with Crippen LogP contribution in [0.15, 0.2) is 151 Å². The van der Waals surface area contributed by atoms with E-state index in [1.165, 1.54) is 38.2 Å². The van der Waals surface area contributed by atoms with Crippen molar-refractivity contribution in [1.82, 2.24) is 4.98 Å². The van der Waals surface area contributed by atoms with Gasteiger partial charge in [-0.15, -0.1) is 0 Å². The molecule has 5 aromatic carbocycles. The van der Waals surface area contributed by atoms with E-state index in [0.717, 1.165) is 22.4 Å². The summed E-state index contributed by atoms with van der Waals surface area (Å²) in [6.45, 7) is 0. The number of nitrogens with two attached hydrogens (primary N) is 1. The molecule has 4 heteroatoms. The molecule has 0 atom stereocenters. The fraction of sp³-hybridized carbons (Fsp3) is 0. The number of allylic oxidation sites excluding steroid dienone is 4. The van der Waals surface area contributed by atoms with Crippen LogP contribution in [0.1, 0.15) is 5.56 Å². The Bertz CT molecular complexity index is 1950. The van der Waals surface area contributed by atoms with Crippen molar-refractivity contribution >= 4 is 44.2 Å². The van der Waals surface area contributed by atoms with E-state index in [1.807, 2.05) is 30.4 Å². The summed E-state index contributed by atoms with van der Waals surface area (Å²) in [5.74, 6) is 0. The van der Waals surface area contributed by atoms with E-state index in [1.54, 1.807) is 12.4 Å². The molecule has 7 rings (SSSR count). The average molecular weight is 528 g/mol. The Morgan fingerprint density at radius 3 is 1.66 bits per heavy atom. The van der Waals surface area contributed by atoms with Crippen LogP contribution in [0.5, 0.6) is 0 Å². The molecule has 1 aromatic heterocycles. The highest BCUT2D eigenvalue weighted by Crippen LogP contribution is 2.43. The first kappa shape index (κ1) is 24.4. The number of anilines is 1. The zero-order valence-electron chi connectivity index (χ0n) is 22.3. The highest BCUT2D eigenvalue weighted by atomic mass is 15.3. The minimum Gasteiger partial charge on any atom is -0.278 e. The van der Waals surface area contributed by atoms with Crippen molar-refractivity contribution in [2.45, 2.75) is 0 Å². The van der Waals surface area contributed by atoms with Crippen LogP contribution >= 0.6 is 0 Å². The second-order valence-corrected chi connectivity index (χ2v) is 10.0. The summed E-state index contributed by atoms with van der Waals surface area (Å²) < 4.78 is 0. The molecule has 41 heavy (non-hydrogen) atoms. The molecule has 4 nitrogen and oxygen atoms in total. The Morgan fingerprint density at radius 1 is 0.537 bits per heavy atom. The lowest BCUT2D eigenvalue weighted by Gasteiger charge is -2.17. The van der Waals surface area contributed by atoms with Gasteiger partial charge in [0.15, 0.2) is 5.71 Å². The fourth-order valence-electron chi connectivity index (χ4n) is 5.56. The zero-order chi connectivity index (χ0) is 27.6. The van der Waals surface area contributed by atoms with Crippen LogP contribution in [0.2, 0.25) is 0 Å². The van der Waals surface area contributed by atoms with E-state index >= 15 is 0 Å². The lowest BCUT2D eigenvalue weighted by Crippen LogP contribution is -2.44. The molecule has 0 radical (unpaired) electrons. The van der Waals surface area contributed by atoms with Gasteiger partial charge < -0.3 is 0 Å².